The van der Waals surface area contributed by atoms with Gasteiger partial charge < -0.3 is 10.1 Å². The van der Waals surface area contributed by atoms with E-state index in [-0.39, 0.29) is 0 Å². The summed E-state index contributed by atoms with van der Waals surface area (Å²) in [5.74, 6) is 2.09. The normalized spacial score (nSPS) is 12.1. The molecule has 1 N–H and O–H groups in total. The Labute approximate surface area is 185 Å². The molecule has 31 heavy (non-hydrogen) atoms. The summed E-state index contributed by atoms with van der Waals surface area (Å²) in [6, 6.07) is 9.48. The van der Waals surface area contributed by atoms with Crippen molar-refractivity contribution >= 4 is 28.2 Å². The lowest BCUT2D eigenvalue weighted by Gasteiger charge is -2.06. The van der Waals surface area contributed by atoms with E-state index in [1.807, 2.05) is 37.3 Å². The molecular formula is C22H23N7OS. The second-order valence-corrected chi connectivity index (χ2v) is 7.88. The van der Waals surface area contributed by atoms with Gasteiger partial charge in [0.05, 0.1) is 24.2 Å². The molecule has 0 amide bonds. The molecule has 4 aromatic rings. The number of pyridine rings is 2. The van der Waals surface area contributed by atoms with Gasteiger partial charge in [-0.25, -0.2) is 9.97 Å². The third kappa shape index (κ3) is 7.28. The van der Waals surface area contributed by atoms with E-state index in [2.05, 4.69) is 48.3 Å². The molecule has 1 fully saturated rings. The van der Waals surface area contributed by atoms with Gasteiger partial charge in [-0.15, -0.1) is 23.0 Å². The average Bonchev–Trinajstić information content (AvgIpc) is 3.57. The topological polar surface area (TPSA) is 98.6 Å². The maximum atomic E-state index is 5.61. The average molecular weight is 434 g/mol. The Morgan fingerprint density at radius 1 is 1.03 bits per heavy atom. The smallest absolute Gasteiger partial charge is 0.218 e. The minimum atomic E-state index is 0.616. The Morgan fingerprint density at radius 2 is 1.74 bits per heavy atom. The number of anilines is 1. The molecule has 5 rings (SSSR count). The van der Waals surface area contributed by atoms with Crippen molar-refractivity contribution in [2.24, 2.45) is 5.92 Å². The monoisotopic (exact) mass is 433 g/mol. The molecule has 8 nitrogen and oxygen atoms in total. The van der Waals surface area contributed by atoms with Crippen molar-refractivity contribution in [2.45, 2.75) is 26.3 Å². The molecule has 0 atom stereocenters. The van der Waals surface area contributed by atoms with Gasteiger partial charge in [-0.05, 0) is 49.9 Å². The fourth-order valence-electron chi connectivity index (χ4n) is 2.48. The first-order valence-corrected chi connectivity index (χ1v) is 10.5. The molecule has 0 bridgehead atoms. The van der Waals surface area contributed by atoms with Crippen molar-refractivity contribution in [3.05, 3.63) is 59.1 Å². The molecule has 4 heterocycles. The van der Waals surface area contributed by atoms with Crippen LogP contribution in [0.15, 0.2) is 49.1 Å². The standard InChI is InChI=1S/C12H15N5OS.C8H6N2.C2H2/c1-8-16-17-12(19-8)5-13-10-4-11(15-7-14-10)18-6-9-2-3-9;1-3-7-8(9-5-1)4-2-6-10-7;1-2/h4,7,9H,2-3,5-6H2,1H3,(H,13,14,15);1-6H;1-2H. The molecule has 1 saturated carbocycles. The van der Waals surface area contributed by atoms with Crippen LogP contribution in [-0.4, -0.2) is 36.7 Å². The summed E-state index contributed by atoms with van der Waals surface area (Å²) in [6.45, 7) is 3.31. The van der Waals surface area contributed by atoms with Crippen molar-refractivity contribution in [1.82, 2.24) is 30.1 Å². The van der Waals surface area contributed by atoms with Gasteiger partial charge >= 0.3 is 0 Å². The van der Waals surface area contributed by atoms with Crippen molar-refractivity contribution in [3.8, 4) is 18.7 Å². The number of hydrogen-bond acceptors (Lipinski definition) is 9. The number of nitrogens with zero attached hydrogens (tertiary/aromatic N) is 6. The molecular weight excluding hydrogens is 410 g/mol. The zero-order valence-corrected chi connectivity index (χ0v) is 18.0. The van der Waals surface area contributed by atoms with E-state index in [1.165, 1.54) is 19.2 Å². The van der Waals surface area contributed by atoms with Crippen LogP contribution in [0, 0.1) is 25.7 Å². The van der Waals surface area contributed by atoms with Crippen LogP contribution in [0.4, 0.5) is 5.82 Å². The third-order valence-corrected chi connectivity index (χ3v) is 5.00. The van der Waals surface area contributed by atoms with Crippen LogP contribution in [0.25, 0.3) is 11.0 Å². The van der Waals surface area contributed by atoms with Gasteiger partial charge in [0.15, 0.2) is 0 Å². The summed E-state index contributed by atoms with van der Waals surface area (Å²) >= 11 is 1.57. The first-order chi connectivity index (χ1) is 15.3. The van der Waals surface area contributed by atoms with Crippen LogP contribution >= 0.6 is 11.3 Å². The number of rotatable bonds is 6. The predicted molar refractivity (Wildman–Crippen MR) is 122 cm³/mol. The molecule has 0 aliphatic heterocycles. The Bertz CT molecular complexity index is 1050. The molecule has 0 aromatic carbocycles. The van der Waals surface area contributed by atoms with E-state index in [4.69, 9.17) is 4.74 Å². The summed E-state index contributed by atoms with van der Waals surface area (Å²) in [5, 5.41) is 13.1. The first-order valence-electron chi connectivity index (χ1n) is 9.73. The van der Waals surface area contributed by atoms with E-state index in [0.29, 0.717) is 12.4 Å². The van der Waals surface area contributed by atoms with Crippen molar-refractivity contribution in [2.75, 3.05) is 11.9 Å². The SMILES string of the molecule is C#C.Cc1nnc(CNc2cc(OCC3CC3)ncn2)s1.c1cnc2cccnc2c1. The molecule has 0 unspecified atom stereocenters. The zero-order valence-electron chi connectivity index (χ0n) is 17.2. The lowest BCUT2D eigenvalue weighted by molar-refractivity contribution is 0.288. The number of hydrogen-bond donors (Lipinski definition) is 1. The number of aryl methyl sites for hydroxylation is 1. The summed E-state index contributed by atoms with van der Waals surface area (Å²) in [6.07, 6.45) is 15.6. The highest BCUT2D eigenvalue weighted by atomic mass is 32.1. The number of terminal acetylenes is 1. The highest BCUT2D eigenvalue weighted by Crippen LogP contribution is 2.29. The Morgan fingerprint density at radius 3 is 2.35 bits per heavy atom. The second kappa shape index (κ2) is 11.5. The molecule has 158 valence electrons. The molecule has 1 aliphatic rings. The lowest BCUT2D eigenvalue weighted by Crippen LogP contribution is -2.04. The van der Waals surface area contributed by atoms with E-state index >= 15 is 0 Å². The third-order valence-electron chi connectivity index (χ3n) is 4.16. The highest BCUT2D eigenvalue weighted by Gasteiger charge is 2.22. The molecule has 9 heteroatoms. The summed E-state index contributed by atoms with van der Waals surface area (Å²) < 4.78 is 5.61. The summed E-state index contributed by atoms with van der Waals surface area (Å²) in [4.78, 5) is 16.5. The zero-order chi connectivity index (χ0) is 21.9. The van der Waals surface area contributed by atoms with Gasteiger partial charge in [0.2, 0.25) is 5.88 Å². The number of ether oxygens (including phenoxy) is 1. The minimum Gasteiger partial charge on any atom is -0.477 e. The minimum absolute atomic E-state index is 0.616. The molecule has 0 radical (unpaired) electrons. The fraction of sp³-hybridized carbons (Fsp3) is 0.273. The van der Waals surface area contributed by atoms with Crippen LogP contribution in [0.3, 0.4) is 0 Å². The van der Waals surface area contributed by atoms with E-state index in [1.54, 1.807) is 23.7 Å². The maximum Gasteiger partial charge on any atom is 0.218 e. The quantitative estimate of drug-likeness (QED) is 0.457. The highest BCUT2D eigenvalue weighted by molar-refractivity contribution is 7.11. The summed E-state index contributed by atoms with van der Waals surface area (Å²) in [5.41, 5.74) is 1.90. The fourth-order valence-corrected chi connectivity index (χ4v) is 3.13. The Balaban J connectivity index is 0.000000190. The van der Waals surface area contributed by atoms with Gasteiger partial charge in [-0.2, -0.15) is 0 Å². The first kappa shape index (κ1) is 22.1. The second-order valence-electron chi connectivity index (χ2n) is 6.61. The van der Waals surface area contributed by atoms with Gasteiger partial charge in [0.25, 0.3) is 0 Å². The number of aromatic nitrogens is 6. The van der Waals surface area contributed by atoms with E-state index < -0.39 is 0 Å². The largest absolute Gasteiger partial charge is 0.477 e. The molecule has 0 spiro atoms. The van der Waals surface area contributed by atoms with Crippen LogP contribution in [-0.2, 0) is 6.54 Å². The Hall–Kier alpha value is -3.64. The Kier molecular flexibility index (Phi) is 8.20. The van der Waals surface area contributed by atoms with Crippen LogP contribution in [0.1, 0.15) is 22.9 Å². The van der Waals surface area contributed by atoms with E-state index in [0.717, 1.165) is 39.4 Å². The van der Waals surface area contributed by atoms with Crippen molar-refractivity contribution in [3.63, 3.8) is 0 Å². The lowest BCUT2D eigenvalue weighted by atomic mass is 10.3. The predicted octanol–water partition coefficient (Wildman–Crippen LogP) is 3.92. The van der Waals surface area contributed by atoms with Gasteiger partial charge in [-0.3, -0.25) is 9.97 Å². The van der Waals surface area contributed by atoms with Crippen molar-refractivity contribution < 1.29 is 4.74 Å². The van der Waals surface area contributed by atoms with Crippen LogP contribution in [0.5, 0.6) is 5.88 Å². The molecule has 1 aliphatic carbocycles. The van der Waals surface area contributed by atoms with E-state index in [9.17, 15) is 0 Å². The number of nitrogens with one attached hydrogen (secondary N) is 1. The maximum absolute atomic E-state index is 5.61. The van der Waals surface area contributed by atoms with Crippen LogP contribution < -0.4 is 10.1 Å². The summed E-state index contributed by atoms with van der Waals surface area (Å²) in [7, 11) is 0. The van der Waals surface area contributed by atoms with Gasteiger partial charge in [0.1, 0.15) is 22.2 Å². The molecule has 0 saturated heterocycles. The number of fused-ring (bicyclic) bond motifs is 1. The molecule has 4 aromatic heterocycles. The van der Waals surface area contributed by atoms with Crippen LogP contribution in [0.2, 0.25) is 0 Å². The van der Waals surface area contributed by atoms with Crippen molar-refractivity contribution in [1.29, 1.82) is 0 Å². The van der Waals surface area contributed by atoms with Gasteiger partial charge in [-0.1, -0.05) is 11.3 Å². The van der Waals surface area contributed by atoms with Gasteiger partial charge in [0, 0.05) is 18.5 Å².